The van der Waals surface area contributed by atoms with Gasteiger partial charge in [0.1, 0.15) is 0 Å². The Morgan fingerprint density at radius 3 is 2.29 bits per heavy atom. The second kappa shape index (κ2) is 6.84. The van der Waals surface area contributed by atoms with Crippen LogP contribution in [0.25, 0.3) is 0 Å². The monoisotopic (exact) mass is 204 g/mol. The second-order valence-electron chi connectivity index (χ2n) is 3.11. The second-order valence-corrected chi connectivity index (χ2v) is 3.11. The fourth-order valence-electron chi connectivity index (χ4n) is 1.19. The minimum absolute atomic E-state index is 0. The van der Waals surface area contributed by atoms with Crippen LogP contribution in [0.2, 0.25) is 0 Å². The van der Waals surface area contributed by atoms with E-state index in [0.29, 0.717) is 5.56 Å². The first-order valence-corrected chi connectivity index (χ1v) is 4.56. The molecule has 0 aliphatic carbocycles. The molecule has 14 heavy (non-hydrogen) atoms. The highest BCUT2D eigenvalue weighted by molar-refractivity contribution is 5.87. The van der Waals surface area contributed by atoms with Crippen molar-refractivity contribution in [2.75, 3.05) is 0 Å². The van der Waals surface area contributed by atoms with Gasteiger partial charge in [-0.25, -0.2) is 4.79 Å². The van der Waals surface area contributed by atoms with Crippen molar-refractivity contribution in [2.24, 2.45) is 0 Å². The van der Waals surface area contributed by atoms with Crippen LogP contribution in [0.1, 0.15) is 35.7 Å². The third kappa shape index (κ3) is 4.11. The minimum Gasteiger partial charge on any atom is -0.478 e. The Morgan fingerprint density at radius 2 is 1.86 bits per heavy atom. The first-order chi connectivity index (χ1) is 6.24. The van der Waals surface area contributed by atoms with E-state index in [-0.39, 0.29) is 23.1 Å². The maximum atomic E-state index is 10.5. The van der Waals surface area contributed by atoms with Crippen LogP contribution in [-0.4, -0.2) is 34.1 Å². The molecule has 1 rings (SSSR count). The molecule has 0 saturated heterocycles. The number of aryl methyl sites for hydroxylation is 1. The number of hydrogen-bond acceptors (Lipinski definition) is 1. The van der Waals surface area contributed by atoms with E-state index in [1.807, 2.05) is 12.1 Å². The van der Waals surface area contributed by atoms with Gasteiger partial charge in [-0.3, -0.25) is 0 Å². The van der Waals surface area contributed by atoms with Crippen molar-refractivity contribution >= 4 is 29.0 Å². The van der Waals surface area contributed by atoms with Gasteiger partial charge in [-0.2, -0.15) is 0 Å². The van der Waals surface area contributed by atoms with Gasteiger partial charge in [-0.15, -0.1) is 0 Å². The molecule has 0 bridgehead atoms. The highest BCUT2D eigenvalue weighted by atomic mass is 24.3. The van der Waals surface area contributed by atoms with Crippen LogP contribution in [0.15, 0.2) is 24.3 Å². The number of rotatable bonds is 4. The summed E-state index contributed by atoms with van der Waals surface area (Å²) < 4.78 is 0. The van der Waals surface area contributed by atoms with E-state index in [9.17, 15) is 4.79 Å². The molecule has 74 valence electrons. The first-order valence-electron chi connectivity index (χ1n) is 4.56. The van der Waals surface area contributed by atoms with Crippen molar-refractivity contribution < 1.29 is 9.90 Å². The van der Waals surface area contributed by atoms with Crippen LogP contribution >= 0.6 is 0 Å². The molecule has 0 spiro atoms. The van der Waals surface area contributed by atoms with Gasteiger partial charge < -0.3 is 5.11 Å². The number of unbranched alkanes of at least 4 members (excludes halogenated alkanes) is 1. The highest BCUT2D eigenvalue weighted by Crippen LogP contribution is 2.07. The molecule has 0 fully saturated rings. The molecular formula is C11H16MgO2. The Labute approximate surface area is 100 Å². The Bertz CT molecular complexity index is 280. The van der Waals surface area contributed by atoms with Gasteiger partial charge in [0.2, 0.25) is 0 Å². The van der Waals surface area contributed by atoms with Gasteiger partial charge in [0.15, 0.2) is 0 Å². The van der Waals surface area contributed by atoms with Crippen molar-refractivity contribution in [3.05, 3.63) is 35.4 Å². The summed E-state index contributed by atoms with van der Waals surface area (Å²) in [6, 6.07) is 7.10. The lowest BCUT2D eigenvalue weighted by Gasteiger charge is -1.99. The molecule has 0 heterocycles. The van der Waals surface area contributed by atoms with Crippen LogP contribution in [-0.2, 0) is 6.42 Å². The van der Waals surface area contributed by atoms with Gasteiger partial charge in [0.25, 0.3) is 0 Å². The summed E-state index contributed by atoms with van der Waals surface area (Å²) in [5.74, 6) is -0.859. The van der Waals surface area contributed by atoms with Crippen LogP contribution in [0.4, 0.5) is 0 Å². The summed E-state index contributed by atoms with van der Waals surface area (Å²) in [6.07, 6.45) is 3.36. The number of hydrogen-bond donors (Lipinski definition) is 1. The maximum Gasteiger partial charge on any atom is 0.335 e. The standard InChI is InChI=1S/C11H14O2.Mg.2H/c1-2-3-4-9-5-7-10(8-6-9)11(12)13;;;/h5-8H,2-4H2,1H3,(H,12,13);;;. The predicted molar refractivity (Wildman–Crippen MR) is 60.6 cm³/mol. The minimum atomic E-state index is -0.859. The molecule has 1 aromatic carbocycles. The van der Waals surface area contributed by atoms with E-state index in [1.165, 1.54) is 12.0 Å². The lowest BCUT2D eigenvalue weighted by molar-refractivity contribution is 0.0697. The van der Waals surface area contributed by atoms with E-state index in [4.69, 9.17) is 5.11 Å². The molecule has 3 heteroatoms. The van der Waals surface area contributed by atoms with Crippen molar-refractivity contribution in [1.82, 2.24) is 0 Å². The van der Waals surface area contributed by atoms with Crippen LogP contribution in [0.3, 0.4) is 0 Å². The third-order valence-electron chi connectivity index (χ3n) is 2.02. The quantitative estimate of drug-likeness (QED) is 0.760. The molecule has 0 atom stereocenters. The number of aromatic carboxylic acids is 1. The SMILES string of the molecule is CCCCc1ccc(C(=O)O)cc1.[MgH2]. The summed E-state index contributed by atoms with van der Waals surface area (Å²) in [6.45, 7) is 2.14. The number of carboxylic acid groups (broad SMARTS) is 1. The fourth-order valence-corrected chi connectivity index (χ4v) is 1.19. The molecule has 0 aliphatic heterocycles. The smallest absolute Gasteiger partial charge is 0.335 e. The Hall–Kier alpha value is -0.544. The van der Waals surface area contributed by atoms with E-state index in [1.54, 1.807) is 12.1 Å². The normalized spacial score (nSPS) is 9.21. The fraction of sp³-hybridized carbons (Fsp3) is 0.364. The van der Waals surface area contributed by atoms with Crippen molar-refractivity contribution in [2.45, 2.75) is 26.2 Å². The molecule has 0 unspecified atom stereocenters. The van der Waals surface area contributed by atoms with E-state index in [0.717, 1.165) is 12.8 Å². The van der Waals surface area contributed by atoms with E-state index >= 15 is 0 Å². The van der Waals surface area contributed by atoms with E-state index < -0.39 is 5.97 Å². The molecule has 2 nitrogen and oxygen atoms in total. The largest absolute Gasteiger partial charge is 0.478 e. The van der Waals surface area contributed by atoms with Gasteiger partial charge in [-0.1, -0.05) is 25.5 Å². The van der Waals surface area contributed by atoms with Crippen molar-refractivity contribution in [1.29, 1.82) is 0 Å². The third-order valence-corrected chi connectivity index (χ3v) is 2.02. The molecule has 1 aromatic rings. The van der Waals surface area contributed by atoms with Crippen LogP contribution in [0.5, 0.6) is 0 Å². The molecule has 0 radical (unpaired) electrons. The van der Waals surface area contributed by atoms with Crippen molar-refractivity contribution in [3.8, 4) is 0 Å². The van der Waals surface area contributed by atoms with Gasteiger partial charge in [0.05, 0.1) is 5.56 Å². The summed E-state index contributed by atoms with van der Waals surface area (Å²) in [5.41, 5.74) is 1.58. The average Bonchev–Trinajstić information content (AvgIpc) is 2.15. The maximum absolute atomic E-state index is 10.5. The molecule has 0 aliphatic rings. The number of benzene rings is 1. The Balaban J connectivity index is 0.00000169. The van der Waals surface area contributed by atoms with Gasteiger partial charge in [0, 0.05) is 0 Å². The van der Waals surface area contributed by atoms with E-state index in [2.05, 4.69) is 6.92 Å². The topological polar surface area (TPSA) is 37.3 Å². The predicted octanol–water partition coefficient (Wildman–Crippen LogP) is 1.81. The van der Waals surface area contributed by atoms with Crippen molar-refractivity contribution in [3.63, 3.8) is 0 Å². The number of carbonyl (C=O) groups is 1. The Kier molecular flexibility index (Phi) is 6.58. The lowest BCUT2D eigenvalue weighted by Crippen LogP contribution is -1.95. The van der Waals surface area contributed by atoms with Gasteiger partial charge in [-0.05, 0) is 30.5 Å². The number of carboxylic acids is 1. The summed E-state index contributed by atoms with van der Waals surface area (Å²) in [4.78, 5) is 10.5. The summed E-state index contributed by atoms with van der Waals surface area (Å²) >= 11 is 0. The molecular weight excluding hydrogens is 188 g/mol. The van der Waals surface area contributed by atoms with Crippen LogP contribution in [0, 0.1) is 0 Å². The molecule has 0 saturated carbocycles. The summed E-state index contributed by atoms with van der Waals surface area (Å²) in [5, 5.41) is 8.65. The Morgan fingerprint density at radius 1 is 1.29 bits per heavy atom. The molecule has 0 amide bonds. The molecule has 0 aromatic heterocycles. The summed E-state index contributed by atoms with van der Waals surface area (Å²) in [7, 11) is 0. The molecule has 1 N–H and O–H groups in total. The van der Waals surface area contributed by atoms with Crippen LogP contribution < -0.4 is 0 Å². The van der Waals surface area contributed by atoms with Gasteiger partial charge >= 0.3 is 29.0 Å². The highest BCUT2D eigenvalue weighted by Gasteiger charge is 2.00. The average molecular weight is 205 g/mol. The zero-order valence-electron chi connectivity index (χ0n) is 7.79. The zero-order chi connectivity index (χ0) is 9.68. The first kappa shape index (κ1) is 13.5. The lowest BCUT2D eigenvalue weighted by atomic mass is 10.1. The zero-order valence-corrected chi connectivity index (χ0v) is 7.79.